The van der Waals surface area contributed by atoms with Gasteiger partial charge in [0, 0.05) is 22.2 Å². The minimum Gasteiger partial charge on any atom is -0.351 e. The standard InChI is InChI=1S/C13H20N2OS.ClH/c1-9-5-6-11(17-9)8-15-13(16)7-10-3-2-4-12(10)14;/h5-6,10,12H,2-4,7-8,14H2,1H3,(H,15,16);1H/t10-,12+;/m0./s1. The minimum atomic E-state index is 0. The second kappa shape index (κ2) is 7.12. The topological polar surface area (TPSA) is 55.1 Å². The largest absolute Gasteiger partial charge is 0.351 e. The van der Waals surface area contributed by atoms with Crippen molar-refractivity contribution in [1.29, 1.82) is 0 Å². The highest BCUT2D eigenvalue weighted by molar-refractivity contribution is 7.11. The molecule has 2 rings (SSSR count). The van der Waals surface area contributed by atoms with E-state index >= 15 is 0 Å². The zero-order valence-electron chi connectivity index (χ0n) is 10.6. The summed E-state index contributed by atoms with van der Waals surface area (Å²) in [5, 5.41) is 2.98. The van der Waals surface area contributed by atoms with Gasteiger partial charge in [0.05, 0.1) is 6.54 Å². The molecule has 2 atom stereocenters. The number of hydrogen-bond acceptors (Lipinski definition) is 3. The number of nitrogens with one attached hydrogen (secondary N) is 1. The van der Waals surface area contributed by atoms with Gasteiger partial charge in [-0.2, -0.15) is 0 Å². The molecule has 0 aliphatic heterocycles. The number of halogens is 1. The van der Waals surface area contributed by atoms with Crippen LogP contribution >= 0.6 is 23.7 Å². The molecular formula is C13H21ClN2OS. The molecule has 1 aromatic rings. The molecule has 1 aliphatic carbocycles. The Labute approximate surface area is 119 Å². The van der Waals surface area contributed by atoms with Crippen molar-refractivity contribution in [2.24, 2.45) is 11.7 Å². The number of thiophene rings is 1. The summed E-state index contributed by atoms with van der Waals surface area (Å²) in [4.78, 5) is 14.3. The molecule has 0 spiro atoms. The fourth-order valence-electron chi connectivity index (χ4n) is 2.40. The number of carbonyl (C=O) groups is 1. The number of nitrogens with two attached hydrogens (primary N) is 1. The van der Waals surface area contributed by atoms with Crippen molar-refractivity contribution < 1.29 is 4.79 Å². The number of aryl methyl sites for hydroxylation is 1. The average Bonchev–Trinajstić information content (AvgIpc) is 2.86. The predicted octanol–water partition coefficient (Wildman–Crippen LogP) is 2.61. The van der Waals surface area contributed by atoms with Gasteiger partial charge in [-0.3, -0.25) is 4.79 Å². The second-order valence-corrected chi connectivity index (χ2v) is 6.22. The summed E-state index contributed by atoms with van der Waals surface area (Å²) in [6, 6.07) is 4.38. The summed E-state index contributed by atoms with van der Waals surface area (Å²) >= 11 is 1.73. The zero-order chi connectivity index (χ0) is 12.3. The normalized spacial score (nSPS) is 22.6. The van der Waals surface area contributed by atoms with E-state index in [0.717, 1.165) is 12.8 Å². The third kappa shape index (κ3) is 4.26. The Bertz CT molecular complexity index is 394. The van der Waals surface area contributed by atoms with Crippen molar-refractivity contribution in [3.63, 3.8) is 0 Å². The molecule has 1 aliphatic rings. The smallest absolute Gasteiger partial charge is 0.220 e. The Kier molecular flexibility index (Phi) is 6.12. The van der Waals surface area contributed by atoms with Crippen molar-refractivity contribution in [2.75, 3.05) is 0 Å². The Balaban J connectivity index is 0.00000162. The van der Waals surface area contributed by atoms with E-state index in [2.05, 4.69) is 24.4 Å². The van der Waals surface area contributed by atoms with Crippen molar-refractivity contribution in [3.8, 4) is 0 Å². The third-order valence-electron chi connectivity index (χ3n) is 3.42. The summed E-state index contributed by atoms with van der Waals surface area (Å²) < 4.78 is 0. The van der Waals surface area contributed by atoms with Gasteiger partial charge in [0.1, 0.15) is 0 Å². The Morgan fingerprint density at radius 1 is 1.50 bits per heavy atom. The molecule has 0 saturated heterocycles. The monoisotopic (exact) mass is 288 g/mol. The number of carbonyl (C=O) groups excluding carboxylic acids is 1. The molecule has 0 aromatic carbocycles. The first-order chi connectivity index (χ1) is 8.15. The van der Waals surface area contributed by atoms with Crippen LogP contribution in [0, 0.1) is 12.8 Å². The highest BCUT2D eigenvalue weighted by Gasteiger charge is 2.25. The number of rotatable bonds is 4. The van der Waals surface area contributed by atoms with Crippen LogP contribution in [0.1, 0.15) is 35.4 Å². The van der Waals surface area contributed by atoms with E-state index in [0.29, 0.717) is 18.9 Å². The average molecular weight is 289 g/mol. The van der Waals surface area contributed by atoms with Crippen molar-refractivity contribution in [3.05, 3.63) is 21.9 Å². The predicted molar refractivity (Wildman–Crippen MR) is 78.1 cm³/mol. The van der Waals surface area contributed by atoms with E-state index in [4.69, 9.17) is 5.73 Å². The number of hydrogen-bond donors (Lipinski definition) is 2. The molecule has 3 nitrogen and oxygen atoms in total. The Morgan fingerprint density at radius 2 is 2.28 bits per heavy atom. The number of amides is 1. The summed E-state index contributed by atoms with van der Waals surface area (Å²) in [6.45, 7) is 2.73. The second-order valence-electron chi connectivity index (χ2n) is 4.85. The fraction of sp³-hybridized carbons (Fsp3) is 0.615. The lowest BCUT2D eigenvalue weighted by atomic mass is 10.00. The molecule has 1 fully saturated rings. The van der Waals surface area contributed by atoms with Gasteiger partial charge in [-0.15, -0.1) is 23.7 Å². The highest BCUT2D eigenvalue weighted by atomic mass is 35.5. The third-order valence-corrected chi connectivity index (χ3v) is 4.42. The van der Waals surface area contributed by atoms with Gasteiger partial charge >= 0.3 is 0 Å². The van der Waals surface area contributed by atoms with E-state index in [-0.39, 0.29) is 24.4 Å². The van der Waals surface area contributed by atoms with Crippen molar-refractivity contribution in [2.45, 2.75) is 45.2 Å². The van der Waals surface area contributed by atoms with Crippen LogP contribution in [0.4, 0.5) is 0 Å². The van der Waals surface area contributed by atoms with Gasteiger partial charge in [0.25, 0.3) is 0 Å². The SMILES string of the molecule is Cc1ccc(CNC(=O)C[C@@H]2CCC[C@H]2N)s1.Cl. The molecule has 0 bridgehead atoms. The van der Waals surface area contributed by atoms with E-state index in [9.17, 15) is 4.79 Å². The summed E-state index contributed by atoms with van der Waals surface area (Å²) in [6.07, 6.45) is 3.93. The first-order valence-corrected chi connectivity index (χ1v) is 7.04. The van der Waals surface area contributed by atoms with Gasteiger partial charge in [-0.1, -0.05) is 6.42 Å². The van der Waals surface area contributed by atoms with E-state index in [1.807, 2.05) is 0 Å². The molecule has 3 N–H and O–H groups in total. The first kappa shape index (κ1) is 15.5. The summed E-state index contributed by atoms with van der Waals surface area (Å²) in [5.74, 6) is 0.526. The van der Waals surface area contributed by atoms with Gasteiger partial charge in [-0.25, -0.2) is 0 Å². The molecule has 1 aromatic heterocycles. The zero-order valence-corrected chi connectivity index (χ0v) is 12.3. The van der Waals surface area contributed by atoms with Crippen molar-refractivity contribution in [1.82, 2.24) is 5.32 Å². The first-order valence-electron chi connectivity index (χ1n) is 6.23. The molecule has 0 radical (unpaired) electrons. The van der Waals surface area contributed by atoms with Crippen LogP contribution in [0.15, 0.2) is 12.1 Å². The fourth-order valence-corrected chi connectivity index (χ4v) is 3.23. The lowest BCUT2D eigenvalue weighted by Gasteiger charge is -2.14. The maximum absolute atomic E-state index is 11.8. The molecule has 18 heavy (non-hydrogen) atoms. The lowest BCUT2D eigenvalue weighted by Crippen LogP contribution is -2.31. The summed E-state index contributed by atoms with van der Waals surface area (Å²) in [5.41, 5.74) is 5.96. The van der Waals surface area contributed by atoms with E-state index in [1.165, 1.54) is 16.2 Å². The molecule has 0 unspecified atom stereocenters. The lowest BCUT2D eigenvalue weighted by molar-refractivity contribution is -0.122. The maximum Gasteiger partial charge on any atom is 0.220 e. The van der Waals surface area contributed by atoms with E-state index in [1.54, 1.807) is 11.3 Å². The molecule has 1 amide bonds. The molecule has 1 saturated carbocycles. The van der Waals surface area contributed by atoms with Crippen LogP contribution in [0.5, 0.6) is 0 Å². The minimum absolute atomic E-state index is 0. The van der Waals surface area contributed by atoms with Crippen LogP contribution < -0.4 is 11.1 Å². The van der Waals surface area contributed by atoms with Gasteiger partial charge in [0.15, 0.2) is 0 Å². The van der Waals surface area contributed by atoms with Gasteiger partial charge in [0.2, 0.25) is 5.91 Å². The van der Waals surface area contributed by atoms with Crippen LogP contribution in [-0.4, -0.2) is 11.9 Å². The van der Waals surface area contributed by atoms with Crippen LogP contribution in [0.3, 0.4) is 0 Å². The van der Waals surface area contributed by atoms with Crippen molar-refractivity contribution >= 4 is 29.7 Å². The Hall–Kier alpha value is -0.580. The van der Waals surface area contributed by atoms with Gasteiger partial charge < -0.3 is 11.1 Å². The van der Waals surface area contributed by atoms with Crippen LogP contribution in [0.2, 0.25) is 0 Å². The van der Waals surface area contributed by atoms with Gasteiger partial charge in [-0.05, 0) is 37.8 Å². The molecule has 1 heterocycles. The highest BCUT2D eigenvalue weighted by Crippen LogP contribution is 2.26. The molecule has 5 heteroatoms. The Morgan fingerprint density at radius 3 is 2.83 bits per heavy atom. The summed E-state index contributed by atoms with van der Waals surface area (Å²) in [7, 11) is 0. The maximum atomic E-state index is 11.8. The van der Waals surface area contributed by atoms with E-state index < -0.39 is 0 Å². The quantitative estimate of drug-likeness (QED) is 0.895. The molecule has 102 valence electrons. The molecular weight excluding hydrogens is 268 g/mol. The van der Waals surface area contributed by atoms with Crippen LogP contribution in [-0.2, 0) is 11.3 Å². The van der Waals surface area contributed by atoms with Crippen LogP contribution in [0.25, 0.3) is 0 Å².